The largest absolute Gasteiger partial charge is 0.497 e. The minimum Gasteiger partial charge on any atom is -0.497 e. The van der Waals surface area contributed by atoms with Crippen molar-refractivity contribution in [1.82, 2.24) is 4.72 Å². The highest BCUT2D eigenvalue weighted by molar-refractivity contribution is 7.89. The maximum absolute atomic E-state index is 12.0. The number of ether oxygens (including phenoxy) is 1. The number of nitrogens with one attached hydrogen (secondary N) is 1. The number of benzene rings is 1. The van der Waals surface area contributed by atoms with Crippen molar-refractivity contribution in [2.75, 3.05) is 13.7 Å². The summed E-state index contributed by atoms with van der Waals surface area (Å²) in [5.41, 5.74) is 0. The van der Waals surface area contributed by atoms with Gasteiger partial charge in [-0.3, -0.25) is 0 Å². The highest BCUT2D eigenvalue weighted by atomic mass is 32.2. The lowest BCUT2D eigenvalue weighted by atomic mass is 10.1. The molecule has 0 bridgehead atoms. The molecule has 0 aliphatic carbocycles. The zero-order valence-corrected chi connectivity index (χ0v) is 13.2. The third kappa shape index (κ3) is 5.92. The number of methoxy groups -OCH3 is 1. The van der Waals surface area contributed by atoms with Crippen molar-refractivity contribution < 1.29 is 13.2 Å². The molecule has 0 aliphatic rings. The van der Waals surface area contributed by atoms with Gasteiger partial charge in [0.2, 0.25) is 10.0 Å². The van der Waals surface area contributed by atoms with Crippen molar-refractivity contribution in [2.45, 2.75) is 50.3 Å². The van der Waals surface area contributed by atoms with Crippen LogP contribution in [0.3, 0.4) is 0 Å². The molecule has 0 saturated heterocycles. The Morgan fingerprint density at radius 2 is 1.60 bits per heavy atom. The predicted molar refractivity (Wildman–Crippen MR) is 81.6 cm³/mol. The van der Waals surface area contributed by atoms with Gasteiger partial charge < -0.3 is 4.74 Å². The van der Waals surface area contributed by atoms with Gasteiger partial charge in [-0.25, -0.2) is 13.1 Å². The predicted octanol–water partition coefficient (Wildman–Crippen LogP) is 3.33. The van der Waals surface area contributed by atoms with Gasteiger partial charge in [0.15, 0.2) is 0 Å². The molecule has 0 unspecified atom stereocenters. The summed E-state index contributed by atoms with van der Waals surface area (Å²) in [5, 5.41) is 0. The Bertz CT molecular complexity index is 468. The van der Waals surface area contributed by atoms with Gasteiger partial charge in [0.05, 0.1) is 12.0 Å². The molecule has 4 nitrogen and oxygen atoms in total. The first kappa shape index (κ1) is 17.0. The summed E-state index contributed by atoms with van der Waals surface area (Å²) < 4.78 is 31.7. The topological polar surface area (TPSA) is 55.4 Å². The molecule has 1 aromatic carbocycles. The first-order valence-corrected chi connectivity index (χ1v) is 8.72. The monoisotopic (exact) mass is 299 g/mol. The standard InChI is InChI=1S/C15H25NO3S/c1-3-4-5-6-7-8-13-16-20(17,18)15-11-9-14(19-2)10-12-15/h9-12,16H,3-8,13H2,1-2H3. The van der Waals surface area contributed by atoms with Crippen molar-refractivity contribution in [3.63, 3.8) is 0 Å². The fraction of sp³-hybridized carbons (Fsp3) is 0.600. The Morgan fingerprint density at radius 1 is 1.00 bits per heavy atom. The number of sulfonamides is 1. The molecular formula is C15H25NO3S. The minimum atomic E-state index is -3.39. The van der Waals surface area contributed by atoms with Crippen molar-refractivity contribution in [2.24, 2.45) is 0 Å². The fourth-order valence-corrected chi connectivity index (χ4v) is 3.02. The van der Waals surface area contributed by atoms with Crippen LogP contribution in [0, 0.1) is 0 Å². The van der Waals surface area contributed by atoms with Crippen LogP contribution in [0.5, 0.6) is 5.75 Å². The van der Waals surface area contributed by atoms with Crippen molar-refractivity contribution in [1.29, 1.82) is 0 Å². The maximum atomic E-state index is 12.0. The Kier molecular flexibility index (Phi) is 7.62. The minimum absolute atomic E-state index is 0.282. The summed E-state index contributed by atoms with van der Waals surface area (Å²) in [6, 6.07) is 6.42. The fourth-order valence-electron chi connectivity index (χ4n) is 1.95. The number of rotatable bonds is 10. The van der Waals surface area contributed by atoms with Crippen LogP contribution in [0.15, 0.2) is 29.2 Å². The van der Waals surface area contributed by atoms with Gasteiger partial charge in [0.25, 0.3) is 0 Å². The van der Waals surface area contributed by atoms with E-state index in [4.69, 9.17) is 4.74 Å². The van der Waals surface area contributed by atoms with Crippen LogP contribution < -0.4 is 9.46 Å². The third-order valence-electron chi connectivity index (χ3n) is 3.19. The van der Waals surface area contributed by atoms with E-state index in [2.05, 4.69) is 11.6 Å². The summed E-state index contributed by atoms with van der Waals surface area (Å²) in [6.07, 6.45) is 6.87. The zero-order valence-electron chi connectivity index (χ0n) is 12.4. The van der Waals surface area contributed by atoms with Gasteiger partial charge in [-0.05, 0) is 30.7 Å². The Hall–Kier alpha value is -1.07. The highest BCUT2D eigenvalue weighted by Gasteiger charge is 2.12. The van der Waals surface area contributed by atoms with Gasteiger partial charge in [0, 0.05) is 6.54 Å². The summed E-state index contributed by atoms with van der Waals surface area (Å²) in [5.74, 6) is 0.653. The molecule has 0 radical (unpaired) electrons. The average molecular weight is 299 g/mol. The Morgan fingerprint density at radius 3 is 2.20 bits per heavy atom. The second-order valence-corrected chi connectivity index (χ2v) is 6.61. The van der Waals surface area contributed by atoms with Crippen LogP contribution in [0.25, 0.3) is 0 Å². The third-order valence-corrected chi connectivity index (χ3v) is 4.67. The molecule has 1 rings (SSSR count). The van der Waals surface area contributed by atoms with Gasteiger partial charge in [0.1, 0.15) is 5.75 Å². The lowest BCUT2D eigenvalue weighted by Crippen LogP contribution is -2.24. The summed E-state index contributed by atoms with van der Waals surface area (Å²) in [7, 11) is -1.83. The first-order chi connectivity index (χ1) is 9.60. The lowest BCUT2D eigenvalue weighted by molar-refractivity contribution is 0.414. The second kappa shape index (κ2) is 8.97. The number of hydrogen-bond acceptors (Lipinski definition) is 3. The molecule has 1 N–H and O–H groups in total. The van der Waals surface area contributed by atoms with E-state index >= 15 is 0 Å². The molecule has 5 heteroatoms. The summed E-state index contributed by atoms with van der Waals surface area (Å²) in [6.45, 7) is 2.68. The molecule has 0 amide bonds. The molecule has 0 heterocycles. The molecule has 1 aromatic rings. The number of hydrogen-bond donors (Lipinski definition) is 1. The van der Waals surface area contributed by atoms with E-state index in [-0.39, 0.29) is 4.90 Å². The zero-order chi connectivity index (χ0) is 14.8. The van der Waals surface area contributed by atoms with E-state index in [1.807, 2.05) is 0 Å². The van der Waals surface area contributed by atoms with Crippen molar-refractivity contribution in [3.05, 3.63) is 24.3 Å². The maximum Gasteiger partial charge on any atom is 0.240 e. The van der Waals surface area contributed by atoms with Gasteiger partial charge in [-0.2, -0.15) is 0 Å². The smallest absolute Gasteiger partial charge is 0.240 e. The summed E-state index contributed by atoms with van der Waals surface area (Å²) in [4.78, 5) is 0.282. The second-order valence-electron chi connectivity index (χ2n) is 4.84. The molecule has 114 valence electrons. The van der Waals surface area contributed by atoms with E-state index in [9.17, 15) is 8.42 Å². The van der Waals surface area contributed by atoms with Crippen LogP contribution in [-0.2, 0) is 10.0 Å². The van der Waals surface area contributed by atoms with Crippen LogP contribution >= 0.6 is 0 Å². The normalized spacial score (nSPS) is 11.5. The Labute approximate surface area is 122 Å². The molecule has 0 saturated carbocycles. The van der Waals surface area contributed by atoms with Gasteiger partial charge in [-0.1, -0.05) is 39.0 Å². The van der Waals surface area contributed by atoms with Crippen LogP contribution in [0.1, 0.15) is 45.4 Å². The van der Waals surface area contributed by atoms with Crippen molar-refractivity contribution in [3.8, 4) is 5.75 Å². The quantitative estimate of drug-likeness (QED) is 0.674. The van der Waals surface area contributed by atoms with Crippen LogP contribution in [0.4, 0.5) is 0 Å². The average Bonchev–Trinajstić information content (AvgIpc) is 2.46. The molecule has 0 atom stereocenters. The molecule has 0 spiro atoms. The molecule has 0 aromatic heterocycles. The number of unbranched alkanes of at least 4 members (excludes halogenated alkanes) is 5. The Balaban J connectivity index is 2.33. The van der Waals surface area contributed by atoms with Crippen LogP contribution in [-0.4, -0.2) is 22.1 Å². The lowest BCUT2D eigenvalue weighted by Gasteiger charge is -2.07. The van der Waals surface area contributed by atoms with E-state index in [1.165, 1.54) is 25.7 Å². The summed E-state index contributed by atoms with van der Waals surface area (Å²) >= 11 is 0. The van der Waals surface area contributed by atoms with E-state index in [0.717, 1.165) is 12.8 Å². The SMILES string of the molecule is CCCCCCCCNS(=O)(=O)c1ccc(OC)cc1. The molecular weight excluding hydrogens is 274 g/mol. The molecule has 0 fully saturated rings. The molecule has 20 heavy (non-hydrogen) atoms. The van der Waals surface area contributed by atoms with Gasteiger partial charge >= 0.3 is 0 Å². The molecule has 0 aliphatic heterocycles. The van der Waals surface area contributed by atoms with Crippen LogP contribution in [0.2, 0.25) is 0 Å². The van der Waals surface area contributed by atoms with Crippen molar-refractivity contribution >= 4 is 10.0 Å². The van der Waals surface area contributed by atoms with E-state index < -0.39 is 10.0 Å². The van der Waals surface area contributed by atoms with Gasteiger partial charge in [-0.15, -0.1) is 0 Å². The van der Waals surface area contributed by atoms with E-state index in [0.29, 0.717) is 12.3 Å². The highest BCUT2D eigenvalue weighted by Crippen LogP contribution is 2.15. The van der Waals surface area contributed by atoms with E-state index in [1.54, 1.807) is 31.4 Å². The first-order valence-electron chi connectivity index (χ1n) is 7.24.